The first kappa shape index (κ1) is 27.2. The quantitative estimate of drug-likeness (QED) is 0.301. The van der Waals surface area contributed by atoms with Gasteiger partial charge in [0.15, 0.2) is 0 Å². The molecule has 0 radical (unpaired) electrons. The lowest BCUT2D eigenvalue weighted by atomic mass is 9.75. The molecule has 0 aromatic heterocycles. The number of hydrogen-bond donors (Lipinski definition) is 2. The molecule has 0 bridgehead atoms. The average molecular weight is 569 g/mol. The maximum absolute atomic E-state index is 12.4. The number of carboxylic acid groups (broad SMARTS) is 1. The Kier molecular flexibility index (Phi) is 6.00. The summed E-state index contributed by atoms with van der Waals surface area (Å²) < 4.78 is 40.3. The van der Waals surface area contributed by atoms with E-state index < -0.39 is 27.3 Å². The number of benzene rings is 3. The van der Waals surface area contributed by atoms with E-state index in [2.05, 4.69) is 39.0 Å². The molecule has 7 heteroatoms. The number of allylic oxidation sites excluding steroid dienone is 3. The second-order valence-corrected chi connectivity index (χ2v) is 14.1. The largest absolute Gasteiger partial charge is 0.478 e. The van der Waals surface area contributed by atoms with Crippen LogP contribution in [0.25, 0.3) is 22.8 Å². The Morgan fingerprint density at radius 2 is 1.63 bits per heavy atom. The van der Waals surface area contributed by atoms with E-state index >= 15 is 0 Å². The Labute approximate surface area is 239 Å². The number of rotatable bonds is 4. The molecule has 41 heavy (non-hydrogen) atoms. The van der Waals surface area contributed by atoms with Gasteiger partial charge in [0.25, 0.3) is 10.1 Å². The average Bonchev–Trinajstić information content (AvgIpc) is 2.83. The van der Waals surface area contributed by atoms with Crippen molar-refractivity contribution in [3.63, 3.8) is 0 Å². The summed E-state index contributed by atoms with van der Waals surface area (Å²) in [6, 6.07) is 14.8. The van der Waals surface area contributed by atoms with E-state index in [1.807, 2.05) is 44.2 Å². The van der Waals surface area contributed by atoms with Crippen LogP contribution in [0.5, 0.6) is 11.5 Å². The fraction of sp³-hybridized carbons (Fsp3) is 0.265. The molecule has 2 aliphatic carbocycles. The van der Waals surface area contributed by atoms with Crippen LogP contribution in [-0.2, 0) is 16.5 Å². The smallest absolute Gasteiger partial charge is 0.336 e. The minimum absolute atomic E-state index is 0.00423. The summed E-state index contributed by atoms with van der Waals surface area (Å²) in [5.41, 5.74) is 6.30. The molecule has 2 N–H and O–H groups in total. The highest BCUT2D eigenvalue weighted by Gasteiger charge is 2.31. The first-order valence-corrected chi connectivity index (χ1v) is 15.2. The van der Waals surface area contributed by atoms with Gasteiger partial charge in [0.2, 0.25) is 0 Å². The van der Waals surface area contributed by atoms with Crippen LogP contribution in [0.15, 0.2) is 60.7 Å². The van der Waals surface area contributed by atoms with Gasteiger partial charge >= 0.3 is 5.97 Å². The van der Waals surface area contributed by atoms with Crippen LogP contribution in [-0.4, -0.2) is 29.8 Å². The van der Waals surface area contributed by atoms with E-state index in [1.54, 1.807) is 18.2 Å². The van der Waals surface area contributed by atoms with Crippen LogP contribution >= 0.6 is 0 Å². The summed E-state index contributed by atoms with van der Waals surface area (Å²) in [6.07, 6.45) is 7.01. The van der Waals surface area contributed by atoms with Crippen molar-refractivity contribution < 1.29 is 27.6 Å². The Balaban J connectivity index is 1.73. The van der Waals surface area contributed by atoms with Crippen molar-refractivity contribution in [3.05, 3.63) is 105 Å². The Hall–Kier alpha value is -3.94. The van der Waals surface area contributed by atoms with Gasteiger partial charge in [-0.05, 0) is 87.7 Å². The third-order valence-corrected chi connectivity index (χ3v) is 8.65. The van der Waals surface area contributed by atoms with Crippen molar-refractivity contribution in [3.8, 4) is 11.5 Å². The molecule has 0 saturated heterocycles. The Bertz CT molecular complexity index is 1970. The lowest BCUT2D eigenvalue weighted by Crippen LogP contribution is -2.28. The molecule has 0 fully saturated rings. The first-order valence-electron chi connectivity index (χ1n) is 13.6. The van der Waals surface area contributed by atoms with Gasteiger partial charge in [-0.25, -0.2) is 4.79 Å². The fourth-order valence-electron chi connectivity index (χ4n) is 6.62. The number of aromatic carboxylic acids is 1. The van der Waals surface area contributed by atoms with Crippen LogP contribution in [0.1, 0.15) is 72.8 Å². The molecule has 0 unspecified atom stereocenters. The molecule has 6 rings (SSSR count). The van der Waals surface area contributed by atoms with E-state index in [-0.39, 0.29) is 11.0 Å². The third-order valence-electron chi connectivity index (χ3n) is 7.98. The number of carbonyl (C=O) groups is 1. The molecule has 1 aliphatic heterocycles. The van der Waals surface area contributed by atoms with Crippen molar-refractivity contribution in [2.24, 2.45) is 10.8 Å². The Morgan fingerprint density at radius 3 is 2.34 bits per heavy atom. The summed E-state index contributed by atoms with van der Waals surface area (Å²) in [5, 5.41) is 11.6. The van der Waals surface area contributed by atoms with E-state index in [0.29, 0.717) is 39.0 Å². The van der Waals surface area contributed by atoms with Gasteiger partial charge in [-0.3, -0.25) is 4.55 Å². The molecule has 3 aliphatic rings. The second kappa shape index (κ2) is 9.03. The minimum atomic E-state index is -4.30. The summed E-state index contributed by atoms with van der Waals surface area (Å²) >= 11 is 0. The predicted octanol–water partition coefficient (Wildman–Crippen LogP) is 5.81. The number of carboxylic acids is 1. The zero-order chi connectivity index (χ0) is 29.5. The summed E-state index contributed by atoms with van der Waals surface area (Å²) in [7, 11) is -4.30. The molecule has 0 amide bonds. The monoisotopic (exact) mass is 568 g/mol. The van der Waals surface area contributed by atoms with Crippen LogP contribution in [0, 0.1) is 10.8 Å². The summed E-state index contributed by atoms with van der Waals surface area (Å²) in [6.45, 7) is 10.4. The molecule has 210 valence electrons. The van der Waals surface area contributed by atoms with Gasteiger partial charge in [0, 0.05) is 21.8 Å². The van der Waals surface area contributed by atoms with Gasteiger partial charge in [-0.2, -0.15) is 8.42 Å². The van der Waals surface area contributed by atoms with Gasteiger partial charge in [-0.1, -0.05) is 64.1 Å². The molecule has 3 aromatic carbocycles. The molecule has 1 heterocycles. The van der Waals surface area contributed by atoms with Crippen molar-refractivity contribution in [2.75, 3.05) is 5.75 Å². The molecule has 0 spiro atoms. The van der Waals surface area contributed by atoms with E-state index in [4.69, 9.17) is 4.74 Å². The van der Waals surface area contributed by atoms with Crippen molar-refractivity contribution in [2.45, 2.75) is 41.0 Å². The first-order chi connectivity index (χ1) is 19.1. The van der Waals surface area contributed by atoms with Gasteiger partial charge < -0.3 is 9.84 Å². The third kappa shape index (κ3) is 4.94. The second-order valence-electron chi connectivity index (χ2n) is 12.6. The zero-order valence-electron chi connectivity index (χ0n) is 23.7. The highest BCUT2D eigenvalue weighted by molar-refractivity contribution is 7.86. The number of hydrogen-bond acceptors (Lipinski definition) is 4. The van der Waals surface area contributed by atoms with Crippen molar-refractivity contribution in [1.82, 2.24) is 0 Å². The molecule has 0 atom stereocenters. The van der Waals surface area contributed by atoms with Crippen LogP contribution < -0.4 is 15.2 Å². The van der Waals surface area contributed by atoms with Gasteiger partial charge in [-0.15, -0.1) is 0 Å². The van der Waals surface area contributed by atoms with E-state index in [9.17, 15) is 22.9 Å². The topological polar surface area (TPSA) is 101 Å². The minimum Gasteiger partial charge on any atom is -0.478 e. The molecular weight excluding hydrogens is 536 g/mol. The lowest BCUT2D eigenvalue weighted by molar-refractivity contribution is 0.0696. The van der Waals surface area contributed by atoms with E-state index in [0.717, 1.165) is 28.3 Å². The van der Waals surface area contributed by atoms with E-state index in [1.165, 1.54) is 5.56 Å². The highest BCUT2D eigenvalue weighted by atomic mass is 32.2. The number of ether oxygens (including phenoxy) is 1. The normalized spacial score (nSPS) is 18.0. The number of fused-ring (bicyclic) bond motifs is 4. The van der Waals surface area contributed by atoms with Gasteiger partial charge in [0.05, 0.1) is 5.56 Å². The summed E-state index contributed by atoms with van der Waals surface area (Å²) in [4.78, 5) is 12.4. The molecule has 6 nitrogen and oxygen atoms in total. The molecule has 0 saturated carbocycles. The standard InChI is InChI=1S/C34H32O6S/c1-19-14-33(2,3)15-20-10-29-27(12-25(19)20)31(23-8-6-7-9-24(23)32(35)36)28-13-26-21(11-30(28)40-29)16-34(4,5)17-22(26)18-41(37,38)39/h6-14,16-17H,15,18H2,1-5H3,(H,35,36)(H,37,38,39). The molecular formula is C34H32O6S. The van der Waals surface area contributed by atoms with Gasteiger partial charge in [0.1, 0.15) is 17.3 Å². The predicted molar refractivity (Wildman–Crippen MR) is 161 cm³/mol. The molecule has 3 aromatic rings. The lowest BCUT2D eigenvalue weighted by Gasteiger charge is -2.31. The van der Waals surface area contributed by atoms with Crippen molar-refractivity contribution in [1.29, 1.82) is 0 Å². The van der Waals surface area contributed by atoms with Crippen LogP contribution in [0.2, 0.25) is 0 Å². The maximum atomic E-state index is 12.4. The van der Waals surface area contributed by atoms with Crippen LogP contribution in [0.3, 0.4) is 0 Å². The zero-order valence-corrected chi connectivity index (χ0v) is 24.5. The van der Waals surface area contributed by atoms with Crippen molar-refractivity contribution >= 4 is 38.9 Å². The van der Waals surface area contributed by atoms with Crippen LogP contribution in [0.4, 0.5) is 0 Å². The fourth-order valence-corrected chi connectivity index (χ4v) is 7.25. The Morgan fingerprint density at radius 1 is 0.902 bits per heavy atom. The summed E-state index contributed by atoms with van der Waals surface area (Å²) in [5.74, 6) is -0.352. The SMILES string of the molecule is CC1=CC(C)(C)Cc2cc3c(cc21)C(c1ccccc1C(=O)O)=c1cc2c(cc1O3)=CC(C)(C)C=C2CS(=O)(=O)O. The highest BCUT2D eigenvalue weighted by Crippen LogP contribution is 2.44. The maximum Gasteiger partial charge on any atom is 0.336 e.